The van der Waals surface area contributed by atoms with Crippen LogP contribution in [0.1, 0.15) is 0 Å². The predicted octanol–water partition coefficient (Wildman–Crippen LogP) is 2.68. The monoisotopic (exact) mass is 404 g/mol. The Kier molecular flexibility index (Phi) is 4.39. The van der Waals surface area contributed by atoms with Crippen LogP contribution >= 0.6 is 22.6 Å². The minimum Gasteiger partial charge on any atom is -0.495 e. The Morgan fingerprint density at radius 2 is 1.90 bits per heavy atom. The summed E-state index contributed by atoms with van der Waals surface area (Å²) in [5, 5.41) is 0. The van der Waals surface area contributed by atoms with E-state index in [0.717, 1.165) is 3.57 Å². The fourth-order valence-corrected chi connectivity index (χ4v) is 3.45. The normalized spacial score (nSPS) is 11.1. The van der Waals surface area contributed by atoms with E-state index in [9.17, 15) is 8.42 Å². The summed E-state index contributed by atoms with van der Waals surface area (Å²) in [4.78, 5) is 0.0930. The Morgan fingerprint density at radius 3 is 2.50 bits per heavy atom. The van der Waals surface area contributed by atoms with Crippen LogP contribution in [0.5, 0.6) is 5.75 Å². The quantitative estimate of drug-likeness (QED) is 0.607. The minimum absolute atomic E-state index is 0.0930. The number of rotatable bonds is 4. The predicted molar refractivity (Wildman–Crippen MR) is 87.4 cm³/mol. The zero-order valence-corrected chi connectivity index (χ0v) is 13.6. The summed E-state index contributed by atoms with van der Waals surface area (Å²) in [7, 11) is -2.20. The molecule has 0 unspecified atom stereocenters. The lowest BCUT2D eigenvalue weighted by Gasteiger charge is -2.11. The zero-order chi connectivity index (χ0) is 14.8. The van der Waals surface area contributed by atoms with Crippen LogP contribution in [0.4, 0.5) is 11.4 Å². The molecular formula is C13H13IN2O3S. The summed E-state index contributed by atoms with van der Waals surface area (Å²) < 4.78 is 32.9. The van der Waals surface area contributed by atoms with E-state index in [1.54, 1.807) is 12.1 Å². The highest BCUT2D eigenvalue weighted by atomic mass is 127. The van der Waals surface area contributed by atoms with Gasteiger partial charge in [-0.3, -0.25) is 4.72 Å². The van der Waals surface area contributed by atoms with Crippen LogP contribution in [0.2, 0.25) is 0 Å². The van der Waals surface area contributed by atoms with Crippen molar-refractivity contribution < 1.29 is 13.2 Å². The second-order valence-corrected chi connectivity index (χ2v) is 6.83. The molecule has 2 aromatic rings. The van der Waals surface area contributed by atoms with E-state index in [1.807, 2.05) is 12.1 Å². The largest absolute Gasteiger partial charge is 0.495 e. The molecule has 0 spiro atoms. The van der Waals surface area contributed by atoms with E-state index in [4.69, 9.17) is 10.5 Å². The lowest BCUT2D eigenvalue weighted by molar-refractivity contribution is 0.416. The third-order valence-corrected chi connectivity index (χ3v) is 4.93. The third kappa shape index (κ3) is 3.15. The van der Waals surface area contributed by atoms with Crippen molar-refractivity contribution in [2.45, 2.75) is 4.90 Å². The van der Waals surface area contributed by atoms with Crippen molar-refractivity contribution in [2.24, 2.45) is 0 Å². The van der Waals surface area contributed by atoms with E-state index in [-0.39, 0.29) is 10.6 Å². The number of nitrogens with two attached hydrogens (primary N) is 1. The molecule has 2 aromatic carbocycles. The Hall–Kier alpha value is -1.48. The number of para-hydroxylation sites is 1. The van der Waals surface area contributed by atoms with Gasteiger partial charge in [-0.1, -0.05) is 12.1 Å². The number of methoxy groups -OCH3 is 1. The van der Waals surface area contributed by atoms with Crippen molar-refractivity contribution in [1.82, 2.24) is 0 Å². The van der Waals surface area contributed by atoms with Crippen LogP contribution in [-0.2, 0) is 10.0 Å². The number of sulfonamides is 1. The van der Waals surface area contributed by atoms with E-state index in [0.29, 0.717) is 11.4 Å². The van der Waals surface area contributed by atoms with Gasteiger partial charge in [0.05, 0.1) is 23.4 Å². The molecule has 0 aliphatic rings. The second-order valence-electron chi connectivity index (χ2n) is 3.99. The highest BCUT2D eigenvalue weighted by molar-refractivity contribution is 14.1. The van der Waals surface area contributed by atoms with Gasteiger partial charge in [0.1, 0.15) is 5.75 Å². The summed E-state index contributed by atoms with van der Waals surface area (Å²) in [6.07, 6.45) is 0. The van der Waals surface area contributed by atoms with Crippen LogP contribution in [0.3, 0.4) is 0 Å². The molecule has 0 aliphatic carbocycles. The Balaban J connectivity index is 2.36. The average Bonchev–Trinajstić information content (AvgIpc) is 2.41. The number of hydrogen-bond acceptors (Lipinski definition) is 4. The lowest BCUT2D eigenvalue weighted by Crippen LogP contribution is -2.14. The molecule has 0 fully saturated rings. The maximum absolute atomic E-state index is 12.3. The molecule has 0 saturated carbocycles. The summed E-state index contributed by atoms with van der Waals surface area (Å²) in [5.41, 5.74) is 6.54. The van der Waals surface area contributed by atoms with Gasteiger partial charge in [-0.05, 0) is 52.9 Å². The lowest BCUT2D eigenvalue weighted by atomic mass is 10.3. The number of anilines is 2. The van der Waals surface area contributed by atoms with Crippen LogP contribution in [0.25, 0.3) is 0 Å². The Labute approximate surface area is 131 Å². The SMILES string of the molecule is COc1ccc(S(=O)(=O)Nc2ccccc2I)cc1N. The Bertz CT molecular complexity index is 732. The third-order valence-electron chi connectivity index (χ3n) is 2.63. The van der Waals surface area contributed by atoms with Gasteiger partial charge >= 0.3 is 0 Å². The number of nitrogen functional groups attached to an aromatic ring is 1. The van der Waals surface area contributed by atoms with Gasteiger partial charge in [-0.2, -0.15) is 0 Å². The first-order chi connectivity index (χ1) is 9.44. The number of nitrogens with one attached hydrogen (secondary N) is 1. The van der Waals surface area contributed by atoms with Gasteiger partial charge in [-0.25, -0.2) is 8.42 Å². The van der Waals surface area contributed by atoms with Gasteiger partial charge < -0.3 is 10.5 Å². The molecule has 0 aromatic heterocycles. The van der Waals surface area contributed by atoms with Crippen molar-refractivity contribution in [3.8, 4) is 5.75 Å². The summed E-state index contributed by atoms with van der Waals surface area (Å²) in [5.74, 6) is 0.443. The molecular weight excluding hydrogens is 391 g/mol. The average molecular weight is 404 g/mol. The molecule has 5 nitrogen and oxygen atoms in total. The van der Waals surface area contributed by atoms with Gasteiger partial charge in [0.25, 0.3) is 10.0 Å². The van der Waals surface area contributed by atoms with E-state index in [1.165, 1.54) is 25.3 Å². The molecule has 0 atom stereocenters. The molecule has 106 valence electrons. The van der Waals surface area contributed by atoms with Gasteiger partial charge in [0, 0.05) is 3.57 Å². The molecule has 7 heteroatoms. The Morgan fingerprint density at radius 1 is 1.20 bits per heavy atom. The first-order valence-corrected chi connectivity index (χ1v) is 8.21. The van der Waals surface area contributed by atoms with E-state index >= 15 is 0 Å². The number of ether oxygens (including phenoxy) is 1. The fourth-order valence-electron chi connectivity index (χ4n) is 1.63. The molecule has 3 N–H and O–H groups in total. The molecule has 0 amide bonds. The maximum atomic E-state index is 12.3. The van der Waals surface area contributed by atoms with Gasteiger partial charge in [0.15, 0.2) is 0 Å². The molecule has 0 aliphatic heterocycles. The van der Waals surface area contributed by atoms with Crippen LogP contribution in [0.15, 0.2) is 47.4 Å². The molecule has 0 bridgehead atoms. The smallest absolute Gasteiger partial charge is 0.262 e. The fraction of sp³-hybridized carbons (Fsp3) is 0.0769. The summed E-state index contributed by atoms with van der Waals surface area (Å²) in [6.45, 7) is 0. The summed E-state index contributed by atoms with van der Waals surface area (Å²) >= 11 is 2.07. The van der Waals surface area contributed by atoms with Crippen LogP contribution in [0, 0.1) is 3.57 Å². The van der Waals surface area contributed by atoms with Gasteiger partial charge in [0.2, 0.25) is 0 Å². The zero-order valence-electron chi connectivity index (χ0n) is 10.6. The van der Waals surface area contributed by atoms with Crippen molar-refractivity contribution in [2.75, 3.05) is 17.6 Å². The summed E-state index contributed by atoms with van der Waals surface area (Å²) in [6, 6.07) is 11.5. The number of benzene rings is 2. The van der Waals surface area contributed by atoms with E-state index < -0.39 is 10.0 Å². The highest BCUT2D eigenvalue weighted by Gasteiger charge is 2.16. The van der Waals surface area contributed by atoms with Crippen molar-refractivity contribution in [3.05, 3.63) is 46.0 Å². The molecule has 0 radical (unpaired) electrons. The second kappa shape index (κ2) is 5.88. The van der Waals surface area contributed by atoms with Crippen LogP contribution in [-0.4, -0.2) is 15.5 Å². The van der Waals surface area contributed by atoms with E-state index in [2.05, 4.69) is 27.3 Å². The molecule has 0 heterocycles. The number of hydrogen-bond donors (Lipinski definition) is 2. The first kappa shape index (κ1) is 14.9. The minimum atomic E-state index is -3.67. The molecule has 2 rings (SSSR count). The van der Waals surface area contributed by atoms with Crippen molar-refractivity contribution in [3.63, 3.8) is 0 Å². The maximum Gasteiger partial charge on any atom is 0.262 e. The van der Waals surface area contributed by atoms with Crippen molar-refractivity contribution >= 4 is 44.0 Å². The number of halogens is 1. The van der Waals surface area contributed by atoms with Gasteiger partial charge in [-0.15, -0.1) is 0 Å². The topological polar surface area (TPSA) is 81.4 Å². The van der Waals surface area contributed by atoms with Crippen molar-refractivity contribution in [1.29, 1.82) is 0 Å². The molecule has 0 saturated heterocycles. The highest BCUT2D eigenvalue weighted by Crippen LogP contribution is 2.26. The molecule has 20 heavy (non-hydrogen) atoms. The van der Waals surface area contributed by atoms with Crippen LogP contribution < -0.4 is 15.2 Å². The standard InChI is InChI=1S/C13H13IN2O3S/c1-19-13-7-6-9(8-11(13)15)20(17,18)16-12-5-3-2-4-10(12)14/h2-8,16H,15H2,1H3. The first-order valence-electron chi connectivity index (χ1n) is 5.65.